The Labute approximate surface area is 162 Å². The molecule has 0 aliphatic carbocycles. The fraction of sp³-hybridized carbons (Fsp3) is 0.211. The Morgan fingerprint density at radius 2 is 1.92 bits per heavy atom. The van der Waals surface area contributed by atoms with Crippen LogP contribution < -0.4 is 5.56 Å². The highest BCUT2D eigenvalue weighted by molar-refractivity contribution is 9.10. The minimum absolute atomic E-state index is 0.0442. The van der Waals surface area contributed by atoms with Crippen molar-refractivity contribution in [1.82, 2.24) is 14.7 Å². The van der Waals surface area contributed by atoms with E-state index in [9.17, 15) is 4.79 Å². The number of hydrogen-bond donors (Lipinski definition) is 0. The van der Waals surface area contributed by atoms with Crippen molar-refractivity contribution in [2.75, 3.05) is 0 Å². The second-order valence-corrected chi connectivity index (χ2v) is 8.32. The number of aryl methyl sites for hydroxylation is 3. The lowest BCUT2D eigenvalue weighted by molar-refractivity contribution is 0.392. The smallest absolute Gasteiger partial charge is 0.263 e. The summed E-state index contributed by atoms with van der Waals surface area (Å²) in [6, 6.07) is 8.00. The first kappa shape index (κ1) is 17.2. The molecule has 0 saturated heterocycles. The molecule has 0 unspecified atom stereocenters. The summed E-state index contributed by atoms with van der Waals surface area (Å²) in [6.07, 6.45) is 1.61. The normalized spacial score (nSPS) is 11.4. The Hall–Kier alpha value is -2.25. The van der Waals surface area contributed by atoms with E-state index in [0.717, 1.165) is 42.3 Å². The first-order chi connectivity index (χ1) is 12.5. The van der Waals surface area contributed by atoms with E-state index >= 15 is 0 Å². The van der Waals surface area contributed by atoms with Crippen molar-refractivity contribution in [2.45, 2.75) is 27.3 Å². The lowest BCUT2D eigenvalue weighted by Crippen LogP contribution is -2.21. The van der Waals surface area contributed by atoms with Crippen LogP contribution in [0.4, 0.5) is 0 Å². The van der Waals surface area contributed by atoms with E-state index < -0.39 is 0 Å². The van der Waals surface area contributed by atoms with E-state index in [2.05, 4.69) is 26.1 Å². The SMILES string of the molecule is Cc1noc(C)c1Cn1cnc2sc(C)c(-c3ccc(Br)cc3)c2c1=O. The molecule has 3 heterocycles. The predicted molar refractivity (Wildman–Crippen MR) is 107 cm³/mol. The zero-order valence-electron chi connectivity index (χ0n) is 14.5. The molecule has 0 spiro atoms. The van der Waals surface area contributed by atoms with Crippen LogP contribution in [-0.4, -0.2) is 14.7 Å². The van der Waals surface area contributed by atoms with Gasteiger partial charge in [0.05, 0.1) is 24.0 Å². The topological polar surface area (TPSA) is 60.9 Å². The minimum atomic E-state index is -0.0442. The van der Waals surface area contributed by atoms with Gasteiger partial charge in [0.25, 0.3) is 5.56 Å². The molecule has 4 aromatic rings. The highest BCUT2D eigenvalue weighted by Crippen LogP contribution is 2.35. The predicted octanol–water partition coefficient (Wildman–Crippen LogP) is 4.85. The largest absolute Gasteiger partial charge is 0.361 e. The van der Waals surface area contributed by atoms with E-state index in [4.69, 9.17) is 4.52 Å². The molecule has 4 rings (SSSR count). The number of halogens is 1. The van der Waals surface area contributed by atoms with Gasteiger partial charge in [-0.3, -0.25) is 9.36 Å². The number of hydrogen-bond acceptors (Lipinski definition) is 5. The molecule has 0 fully saturated rings. The standard InChI is InChI=1S/C19H16BrN3O2S/c1-10-15(11(2)25-22-10)8-23-9-21-18-17(19(23)24)16(12(3)26-18)13-4-6-14(20)7-5-13/h4-7,9H,8H2,1-3H3. The quantitative estimate of drug-likeness (QED) is 0.466. The molecular weight excluding hydrogens is 414 g/mol. The molecule has 0 bridgehead atoms. The molecule has 0 amide bonds. The maximum Gasteiger partial charge on any atom is 0.263 e. The highest BCUT2D eigenvalue weighted by Gasteiger charge is 2.18. The van der Waals surface area contributed by atoms with E-state index in [1.54, 1.807) is 22.2 Å². The van der Waals surface area contributed by atoms with Crippen molar-refractivity contribution >= 4 is 37.5 Å². The van der Waals surface area contributed by atoms with Gasteiger partial charge in [0.1, 0.15) is 10.6 Å². The molecular formula is C19H16BrN3O2S. The van der Waals surface area contributed by atoms with Crippen LogP contribution in [0.5, 0.6) is 0 Å². The molecule has 3 aromatic heterocycles. The maximum absolute atomic E-state index is 13.2. The molecule has 0 aliphatic heterocycles. The number of benzene rings is 1. The van der Waals surface area contributed by atoms with Gasteiger partial charge in [-0.25, -0.2) is 4.98 Å². The molecule has 0 saturated carbocycles. The van der Waals surface area contributed by atoms with Gasteiger partial charge in [0.15, 0.2) is 0 Å². The van der Waals surface area contributed by atoms with Gasteiger partial charge in [-0.05, 0) is 38.5 Å². The monoisotopic (exact) mass is 429 g/mol. The van der Waals surface area contributed by atoms with Crippen LogP contribution in [-0.2, 0) is 6.54 Å². The molecule has 0 N–H and O–H groups in total. The third-order valence-electron chi connectivity index (χ3n) is 4.50. The first-order valence-electron chi connectivity index (χ1n) is 8.12. The Bertz CT molecular complexity index is 1150. The number of aromatic nitrogens is 3. The van der Waals surface area contributed by atoms with Gasteiger partial charge in [-0.1, -0.05) is 33.2 Å². The van der Waals surface area contributed by atoms with Crippen LogP contribution in [0.1, 0.15) is 21.9 Å². The lowest BCUT2D eigenvalue weighted by atomic mass is 10.0. The Balaban J connectivity index is 1.91. The number of rotatable bonds is 3. The second kappa shape index (κ2) is 6.48. The van der Waals surface area contributed by atoms with Crippen molar-refractivity contribution < 1.29 is 4.52 Å². The third-order valence-corrected chi connectivity index (χ3v) is 6.04. The summed E-state index contributed by atoms with van der Waals surface area (Å²) < 4.78 is 7.85. The molecule has 132 valence electrons. The van der Waals surface area contributed by atoms with Crippen LogP contribution in [0, 0.1) is 20.8 Å². The summed E-state index contributed by atoms with van der Waals surface area (Å²) in [6.45, 7) is 6.17. The van der Waals surface area contributed by atoms with Crippen LogP contribution in [0.3, 0.4) is 0 Å². The third kappa shape index (κ3) is 2.81. The molecule has 5 nitrogen and oxygen atoms in total. The highest BCUT2D eigenvalue weighted by atomic mass is 79.9. The van der Waals surface area contributed by atoms with Crippen molar-refractivity contribution in [3.05, 3.63) is 67.3 Å². The summed E-state index contributed by atoms with van der Waals surface area (Å²) >= 11 is 5.01. The van der Waals surface area contributed by atoms with Crippen molar-refractivity contribution in [3.63, 3.8) is 0 Å². The summed E-state index contributed by atoms with van der Waals surface area (Å²) in [5.41, 5.74) is 3.65. The number of nitrogens with zero attached hydrogens (tertiary/aromatic N) is 3. The molecule has 7 heteroatoms. The van der Waals surface area contributed by atoms with Gasteiger partial charge in [0.2, 0.25) is 0 Å². The lowest BCUT2D eigenvalue weighted by Gasteiger charge is -2.06. The molecule has 1 aromatic carbocycles. The zero-order valence-corrected chi connectivity index (χ0v) is 16.9. The Morgan fingerprint density at radius 3 is 2.58 bits per heavy atom. The van der Waals surface area contributed by atoms with Crippen molar-refractivity contribution in [2.24, 2.45) is 0 Å². The fourth-order valence-electron chi connectivity index (χ4n) is 3.11. The average molecular weight is 430 g/mol. The van der Waals surface area contributed by atoms with Gasteiger partial charge < -0.3 is 4.52 Å². The summed E-state index contributed by atoms with van der Waals surface area (Å²) in [4.78, 5) is 19.6. The van der Waals surface area contributed by atoms with Gasteiger partial charge in [-0.15, -0.1) is 11.3 Å². The van der Waals surface area contributed by atoms with Crippen molar-refractivity contribution in [1.29, 1.82) is 0 Å². The zero-order chi connectivity index (χ0) is 18.4. The van der Waals surface area contributed by atoms with E-state index in [-0.39, 0.29) is 5.56 Å². The maximum atomic E-state index is 13.2. The summed E-state index contributed by atoms with van der Waals surface area (Å²) in [7, 11) is 0. The summed E-state index contributed by atoms with van der Waals surface area (Å²) in [5, 5.41) is 4.64. The van der Waals surface area contributed by atoms with Crippen LogP contribution >= 0.6 is 27.3 Å². The van der Waals surface area contributed by atoms with Gasteiger partial charge >= 0.3 is 0 Å². The Morgan fingerprint density at radius 1 is 1.19 bits per heavy atom. The Kier molecular flexibility index (Phi) is 4.28. The fourth-order valence-corrected chi connectivity index (χ4v) is 4.38. The first-order valence-corrected chi connectivity index (χ1v) is 9.73. The number of thiophene rings is 1. The van der Waals surface area contributed by atoms with Crippen LogP contribution in [0.15, 0.2) is 44.4 Å². The van der Waals surface area contributed by atoms with Gasteiger partial charge in [0, 0.05) is 20.5 Å². The van der Waals surface area contributed by atoms with Gasteiger partial charge in [-0.2, -0.15) is 0 Å². The molecule has 0 radical (unpaired) electrons. The van der Waals surface area contributed by atoms with Crippen LogP contribution in [0.2, 0.25) is 0 Å². The average Bonchev–Trinajstić information content (AvgIpc) is 3.12. The van der Waals surface area contributed by atoms with Crippen LogP contribution in [0.25, 0.3) is 21.3 Å². The number of fused-ring (bicyclic) bond motifs is 1. The van der Waals surface area contributed by atoms with Crippen molar-refractivity contribution in [3.8, 4) is 11.1 Å². The summed E-state index contributed by atoms with van der Waals surface area (Å²) in [5.74, 6) is 0.726. The van der Waals surface area contributed by atoms with E-state index in [1.165, 1.54) is 0 Å². The molecule has 26 heavy (non-hydrogen) atoms. The second-order valence-electron chi connectivity index (χ2n) is 6.20. The van der Waals surface area contributed by atoms with E-state index in [1.807, 2.05) is 45.0 Å². The minimum Gasteiger partial charge on any atom is -0.361 e. The van der Waals surface area contributed by atoms with E-state index in [0.29, 0.717) is 11.9 Å². The molecule has 0 atom stereocenters. The molecule has 0 aliphatic rings.